The van der Waals surface area contributed by atoms with Crippen molar-refractivity contribution in [2.45, 2.75) is 44.9 Å². The molecular weight excluding hydrogens is 368 g/mol. The van der Waals surface area contributed by atoms with Crippen LogP contribution in [0.3, 0.4) is 0 Å². The molecule has 28 heavy (non-hydrogen) atoms. The third kappa shape index (κ3) is 2.73. The molecule has 3 aliphatic carbocycles. The molecule has 0 radical (unpaired) electrons. The van der Waals surface area contributed by atoms with E-state index in [2.05, 4.69) is 19.1 Å². The van der Waals surface area contributed by atoms with Crippen molar-refractivity contribution in [3.63, 3.8) is 0 Å². The molecule has 3 heteroatoms. The lowest BCUT2D eigenvalue weighted by atomic mass is 9.55. The Labute approximate surface area is 171 Å². The largest absolute Gasteiger partial charge is 0.508 e. The summed E-state index contributed by atoms with van der Waals surface area (Å²) in [6.45, 7) is 2.20. The summed E-state index contributed by atoms with van der Waals surface area (Å²) in [6, 6.07) is 13.6. The van der Waals surface area contributed by atoms with Crippen LogP contribution in [0.2, 0.25) is 5.02 Å². The number of allylic oxidation sites excluding steroid dienone is 1. The summed E-state index contributed by atoms with van der Waals surface area (Å²) in [4.78, 5) is 13.4. The minimum absolute atomic E-state index is 0.228. The van der Waals surface area contributed by atoms with Gasteiger partial charge in [-0.1, -0.05) is 36.7 Å². The first-order chi connectivity index (χ1) is 13.5. The van der Waals surface area contributed by atoms with E-state index in [1.807, 2.05) is 36.4 Å². The number of fused-ring (bicyclic) bond motifs is 5. The molecule has 5 rings (SSSR count). The van der Waals surface area contributed by atoms with Gasteiger partial charge in [0.15, 0.2) is 5.78 Å². The maximum Gasteiger partial charge on any atom is 0.165 e. The Morgan fingerprint density at radius 3 is 2.71 bits per heavy atom. The fourth-order valence-corrected chi connectivity index (χ4v) is 6.25. The fourth-order valence-electron chi connectivity index (χ4n) is 6.13. The molecule has 0 bridgehead atoms. The van der Waals surface area contributed by atoms with E-state index < -0.39 is 0 Å². The predicted molar refractivity (Wildman–Crippen MR) is 113 cm³/mol. The Bertz CT molecular complexity index is 975. The maximum atomic E-state index is 13.4. The van der Waals surface area contributed by atoms with Crippen LogP contribution in [0.1, 0.15) is 55.2 Å². The number of aromatic hydroxyl groups is 1. The van der Waals surface area contributed by atoms with Crippen LogP contribution in [0.25, 0.3) is 6.08 Å². The van der Waals surface area contributed by atoms with Gasteiger partial charge < -0.3 is 5.11 Å². The van der Waals surface area contributed by atoms with Gasteiger partial charge in [-0.3, -0.25) is 4.79 Å². The van der Waals surface area contributed by atoms with Gasteiger partial charge in [-0.2, -0.15) is 0 Å². The molecule has 2 fully saturated rings. The van der Waals surface area contributed by atoms with Gasteiger partial charge in [-0.05, 0) is 102 Å². The van der Waals surface area contributed by atoms with Crippen LogP contribution in [-0.4, -0.2) is 10.9 Å². The molecule has 2 aromatic rings. The number of hydrogen-bond donors (Lipinski definition) is 1. The van der Waals surface area contributed by atoms with Crippen molar-refractivity contribution in [2.75, 3.05) is 0 Å². The lowest BCUT2D eigenvalue weighted by Crippen LogP contribution is -2.42. The van der Waals surface area contributed by atoms with Crippen molar-refractivity contribution in [1.29, 1.82) is 0 Å². The van der Waals surface area contributed by atoms with Crippen molar-refractivity contribution in [1.82, 2.24) is 0 Å². The van der Waals surface area contributed by atoms with E-state index in [9.17, 15) is 9.90 Å². The molecule has 0 unspecified atom stereocenters. The third-order valence-corrected chi connectivity index (χ3v) is 7.81. The number of hydrogen-bond acceptors (Lipinski definition) is 2. The molecule has 2 nitrogen and oxygen atoms in total. The van der Waals surface area contributed by atoms with Crippen LogP contribution in [0.5, 0.6) is 5.75 Å². The Morgan fingerprint density at radius 1 is 1.14 bits per heavy atom. The molecule has 3 aliphatic rings. The van der Waals surface area contributed by atoms with E-state index in [1.54, 1.807) is 0 Å². The molecule has 2 aromatic carbocycles. The minimum Gasteiger partial charge on any atom is -0.508 e. The van der Waals surface area contributed by atoms with Crippen molar-refractivity contribution < 1.29 is 9.90 Å². The second kappa shape index (κ2) is 6.49. The summed E-state index contributed by atoms with van der Waals surface area (Å²) in [5.74, 6) is 2.20. The van der Waals surface area contributed by atoms with Gasteiger partial charge in [0.05, 0.1) is 0 Å². The van der Waals surface area contributed by atoms with Gasteiger partial charge in [0, 0.05) is 10.4 Å². The number of ketones is 1. The molecule has 0 amide bonds. The highest BCUT2D eigenvalue weighted by Gasteiger charge is 2.56. The van der Waals surface area contributed by atoms with Crippen LogP contribution < -0.4 is 0 Å². The minimum atomic E-state index is -0.228. The molecule has 0 heterocycles. The number of phenols is 1. The summed E-state index contributed by atoms with van der Waals surface area (Å²) in [5.41, 5.74) is 4.50. The summed E-state index contributed by atoms with van der Waals surface area (Å²) in [5, 5.41) is 10.6. The zero-order chi connectivity index (χ0) is 19.5. The number of carbonyl (C=O) groups excluding carboxylic acids is 1. The van der Waals surface area contributed by atoms with E-state index in [0.717, 1.165) is 48.3 Å². The predicted octanol–water partition coefficient (Wildman–Crippen LogP) is 6.16. The SMILES string of the molecule is C[C@]12CC[C@H]3c4ccc(O)cc4CC[C@@H]3[C@@H]1CC(=Cc1ccc(Cl)cc1)C2=O. The van der Waals surface area contributed by atoms with Crippen LogP contribution >= 0.6 is 11.6 Å². The van der Waals surface area contributed by atoms with Gasteiger partial charge >= 0.3 is 0 Å². The van der Waals surface area contributed by atoms with Gasteiger partial charge in [0.25, 0.3) is 0 Å². The molecule has 1 N–H and O–H groups in total. The average molecular weight is 393 g/mol. The molecule has 0 aliphatic heterocycles. The highest BCUT2D eigenvalue weighted by Crippen LogP contribution is 2.60. The summed E-state index contributed by atoms with van der Waals surface area (Å²) < 4.78 is 0. The number of halogens is 1. The third-order valence-electron chi connectivity index (χ3n) is 7.56. The molecule has 0 spiro atoms. The number of carbonyl (C=O) groups is 1. The molecule has 4 atom stereocenters. The van der Waals surface area contributed by atoms with Crippen molar-refractivity contribution in [2.24, 2.45) is 17.3 Å². The topological polar surface area (TPSA) is 37.3 Å². The number of benzene rings is 2. The average Bonchev–Trinajstić information content (AvgIpc) is 2.94. The Morgan fingerprint density at radius 2 is 1.93 bits per heavy atom. The van der Waals surface area contributed by atoms with Crippen molar-refractivity contribution in [3.05, 3.63) is 69.8 Å². The maximum absolute atomic E-state index is 13.4. The van der Waals surface area contributed by atoms with Crippen molar-refractivity contribution >= 4 is 23.5 Å². The first-order valence-corrected chi connectivity index (χ1v) is 10.7. The smallest absolute Gasteiger partial charge is 0.165 e. The zero-order valence-electron chi connectivity index (χ0n) is 16.1. The molecule has 0 saturated heterocycles. The van der Waals surface area contributed by atoms with Crippen LogP contribution in [-0.2, 0) is 11.2 Å². The summed E-state index contributed by atoms with van der Waals surface area (Å²) in [7, 11) is 0. The lowest BCUT2D eigenvalue weighted by molar-refractivity contribution is -0.127. The highest BCUT2D eigenvalue weighted by atomic mass is 35.5. The quantitative estimate of drug-likeness (QED) is 0.589. The summed E-state index contributed by atoms with van der Waals surface area (Å²) >= 11 is 6.00. The van der Waals surface area contributed by atoms with Crippen molar-refractivity contribution in [3.8, 4) is 5.75 Å². The number of rotatable bonds is 1. The number of Topliss-reactive ketones (excluding diaryl/α,β-unsaturated/α-hetero) is 1. The van der Waals surface area contributed by atoms with E-state index >= 15 is 0 Å². The van der Waals surface area contributed by atoms with E-state index in [4.69, 9.17) is 11.6 Å². The number of phenolic OH excluding ortho intramolecular Hbond substituents is 1. The van der Waals surface area contributed by atoms with E-state index in [1.165, 1.54) is 11.1 Å². The van der Waals surface area contributed by atoms with Gasteiger partial charge in [-0.25, -0.2) is 0 Å². The zero-order valence-corrected chi connectivity index (χ0v) is 16.9. The van der Waals surface area contributed by atoms with E-state index in [0.29, 0.717) is 29.3 Å². The van der Waals surface area contributed by atoms with Crippen LogP contribution in [0, 0.1) is 17.3 Å². The van der Waals surface area contributed by atoms with Gasteiger partial charge in [0.1, 0.15) is 5.75 Å². The van der Waals surface area contributed by atoms with Crippen LogP contribution in [0.15, 0.2) is 48.0 Å². The molecule has 0 aromatic heterocycles. The monoisotopic (exact) mass is 392 g/mol. The van der Waals surface area contributed by atoms with Gasteiger partial charge in [-0.15, -0.1) is 0 Å². The van der Waals surface area contributed by atoms with Gasteiger partial charge in [0.2, 0.25) is 0 Å². The molecule has 2 saturated carbocycles. The Kier molecular flexibility index (Phi) is 4.17. The first-order valence-electron chi connectivity index (χ1n) is 10.3. The first kappa shape index (κ1) is 18.0. The number of aryl methyl sites for hydroxylation is 1. The normalized spacial score (nSPS) is 32.7. The molecular formula is C25H25ClO2. The fraction of sp³-hybridized carbons (Fsp3) is 0.400. The standard InChI is InChI=1S/C25H25ClO2/c1-25-11-10-21-20-9-7-19(27)13-16(20)4-8-22(21)23(25)14-17(24(25)28)12-15-2-5-18(26)6-3-15/h2-3,5-7,9,12-13,21-23,27H,4,8,10-11,14H2,1H3/t21-,22-,23-,25-/m0/s1. The second-order valence-electron chi connectivity index (χ2n) is 9.01. The van der Waals surface area contributed by atoms with E-state index in [-0.39, 0.29) is 5.41 Å². The Balaban J connectivity index is 1.48. The second-order valence-corrected chi connectivity index (χ2v) is 9.45. The molecule has 144 valence electrons. The Hall–Kier alpha value is -2.06. The van der Waals surface area contributed by atoms with Crippen LogP contribution in [0.4, 0.5) is 0 Å². The lowest BCUT2D eigenvalue weighted by Gasteiger charge is -2.48. The summed E-state index contributed by atoms with van der Waals surface area (Å²) in [6.07, 6.45) is 7.09. The highest BCUT2D eigenvalue weighted by molar-refractivity contribution is 6.30.